The lowest BCUT2D eigenvalue weighted by molar-refractivity contribution is -0.138. The third-order valence-electron chi connectivity index (χ3n) is 6.97. The van der Waals surface area contributed by atoms with Gasteiger partial charge in [-0.15, -0.1) is 0 Å². The Hall–Kier alpha value is -4.14. The summed E-state index contributed by atoms with van der Waals surface area (Å²) in [7, 11) is 5.03. The normalized spacial score (nSPS) is 14.5. The predicted octanol–water partition coefficient (Wildman–Crippen LogP) is 5.09. The largest absolute Gasteiger partial charge is 0.450 e. The molecular formula is C26H25ClF3N9O2. The van der Waals surface area contributed by atoms with Crippen LogP contribution < -0.4 is 15.4 Å². The second-order valence-corrected chi connectivity index (χ2v) is 9.99. The van der Waals surface area contributed by atoms with E-state index >= 15 is 0 Å². The van der Waals surface area contributed by atoms with Crippen LogP contribution in [-0.4, -0.2) is 67.4 Å². The van der Waals surface area contributed by atoms with Crippen LogP contribution in [0.3, 0.4) is 0 Å². The highest BCUT2D eigenvalue weighted by Gasteiger charge is 2.35. The number of fused-ring (bicyclic) bond motifs is 2. The molecule has 0 bridgehead atoms. The van der Waals surface area contributed by atoms with Crippen molar-refractivity contribution < 1.29 is 22.6 Å². The fourth-order valence-electron chi connectivity index (χ4n) is 4.71. The molecule has 0 atom stereocenters. The lowest BCUT2D eigenvalue weighted by atomic mass is 10.0. The van der Waals surface area contributed by atoms with E-state index in [4.69, 9.17) is 21.1 Å². The summed E-state index contributed by atoms with van der Waals surface area (Å²) in [6, 6.07) is 4.17. The first-order valence-corrected chi connectivity index (χ1v) is 12.9. The van der Waals surface area contributed by atoms with Gasteiger partial charge in [0, 0.05) is 46.5 Å². The van der Waals surface area contributed by atoms with Gasteiger partial charge in [0.2, 0.25) is 5.95 Å². The molecule has 1 aromatic carbocycles. The van der Waals surface area contributed by atoms with Crippen molar-refractivity contribution in [3.05, 3.63) is 59.1 Å². The molecule has 5 heterocycles. The molecule has 1 saturated heterocycles. The minimum Gasteiger partial charge on any atom is -0.450 e. The van der Waals surface area contributed by atoms with E-state index in [1.165, 1.54) is 18.5 Å². The van der Waals surface area contributed by atoms with E-state index in [1.54, 1.807) is 48.7 Å². The van der Waals surface area contributed by atoms with Crippen LogP contribution in [0.25, 0.3) is 16.7 Å². The Bertz CT molecular complexity index is 1750. The van der Waals surface area contributed by atoms with Crippen molar-refractivity contribution in [3.8, 4) is 11.5 Å². The van der Waals surface area contributed by atoms with Crippen LogP contribution in [-0.2, 0) is 24.5 Å². The van der Waals surface area contributed by atoms with Gasteiger partial charge in [0.05, 0.1) is 36.5 Å². The number of nitrogens with one attached hydrogen (secondary N) is 2. The van der Waals surface area contributed by atoms with Crippen LogP contribution in [0.2, 0.25) is 5.02 Å². The molecule has 1 aliphatic rings. The summed E-state index contributed by atoms with van der Waals surface area (Å²) < 4.78 is 56.4. The first-order valence-electron chi connectivity index (χ1n) is 12.6. The van der Waals surface area contributed by atoms with Gasteiger partial charge in [0.25, 0.3) is 0 Å². The van der Waals surface area contributed by atoms with E-state index in [9.17, 15) is 13.2 Å². The average molecular weight is 588 g/mol. The Morgan fingerprint density at radius 2 is 1.93 bits per heavy atom. The van der Waals surface area contributed by atoms with Crippen LogP contribution in [0, 0.1) is 0 Å². The Kier molecular flexibility index (Phi) is 6.83. The van der Waals surface area contributed by atoms with E-state index < -0.39 is 11.7 Å². The standard InChI is InChI=1S/C26H25ClF3N9O2/c1-31-21-13-39-18(7-32-21)19(9-34-39)41-20-8-33-24-23(22(20)27)37(2)25(36-24)35-15-5-4-14(17(6-15)26(28,29)30)10-38-11-16(12-38)40-3/h4-9,13,16,31H,10-12H2,1-3H3,(H,33,35,36). The third-order valence-corrected chi connectivity index (χ3v) is 7.34. The summed E-state index contributed by atoms with van der Waals surface area (Å²) in [5.41, 5.74) is 1.06. The number of nitrogens with zero attached hydrogens (tertiary/aromatic N) is 7. The molecule has 0 unspecified atom stereocenters. The van der Waals surface area contributed by atoms with Crippen LogP contribution in [0.5, 0.6) is 11.5 Å². The summed E-state index contributed by atoms with van der Waals surface area (Å²) >= 11 is 6.70. The number of pyridine rings is 1. The number of aromatic nitrogens is 6. The van der Waals surface area contributed by atoms with Gasteiger partial charge in [-0.1, -0.05) is 17.7 Å². The zero-order valence-electron chi connectivity index (χ0n) is 22.2. The summed E-state index contributed by atoms with van der Waals surface area (Å²) in [5.74, 6) is 1.57. The molecule has 11 nitrogen and oxygen atoms in total. The number of hydrogen-bond donors (Lipinski definition) is 2. The molecular weight excluding hydrogens is 563 g/mol. The molecule has 0 spiro atoms. The highest BCUT2D eigenvalue weighted by atomic mass is 35.5. The number of alkyl halides is 3. The van der Waals surface area contributed by atoms with Gasteiger partial charge in [-0.05, 0) is 17.7 Å². The number of aryl methyl sites for hydroxylation is 1. The lowest BCUT2D eigenvalue weighted by Gasteiger charge is -2.38. The maximum Gasteiger partial charge on any atom is 0.416 e. The Morgan fingerprint density at radius 1 is 1.12 bits per heavy atom. The molecule has 15 heteroatoms. The average Bonchev–Trinajstić information content (AvgIpc) is 3.47. The van der Waals surface area contributed by atoms with Crippen molar-refractivity contribution in [1.82, 2.24) is 34.0 Å². The zero-order valence-corrected chi connectivity index (χ0v) is 23.0. The Morgan fingerprint density at radius 3 is 2.66 bits per heavy atom. The second-order valence-electron chi connectivity index (χ2n) is 9.61. The van der Waals surface area contributed by atoms with Crippen molar-refractivity contribution in [2.24, 2.45) is 7.05 Å². The van der Waals surface area contributed by atoms with Crippen molar-refractivity contribution >= 4 is 45.7 Å². The van der Waals surface area contributed by atoms with Gasteiger partial charge in [0.1, 0.15) is 21.9 Å². The molecule has 6 rings (SSSR count). The summed E-state index contributed by atoms with van der Waals surface area (Å²) in [6.45, 7) is 1.38. The summed E-state index contributed by atoms with van der Waals surface area (Å²) in [4.78, 5) is 15.0. The number of benzene rings is 1. The van der Waals surface area contributed by atoms with Gasteiger partial charge in [-0.3, -0.25) is 4.90 Å². The second kappa shape index (κ2) is 10.4. The fourth-order valence-corrected chi connectivity index (χ4v) is 5.01. The van der Waals surface area contributed by atoms with Crippen molar-refractivity contribution in [3.63, 3.8) is 0 Å². The molecule has 41 heavy (non-hydrogen) atoms. The molecule has 0 aliphatic carbocycles. The topological polar surface area (TPSA) is 107 Å². The Labute approximate surface area is 236 Å². The van der Waals surface area contributed by atoms with E-state index in [-0.39, 0.29) is 40.6 Å². The van der Waals surface area contributed by atoms with Crippen LogP contribution in [0.1, 0.15) is 11.1 Å². The van der Waals surface area contributed by atoms with Gasteiger partial charge < -0.3 is 24.7 Å². The number of halogens is 4. The molecule has 2 N–H and O–H groups in total. The van der Waals surface area contributed by atoms with Crippen molar-refractivity contribution in [1.29, 1.82) is 0 Å². The minimum absolute atomic E-state index is 0.0531. The highest BCUT2D eigenvalue weighted by molar-refractivity contribution is 6.36. The number of ether oxygens (including phenoxy) is 2. The first-order chi connectivity index (χ1) is 19.6. The molecule has 0 radical (unpaired) electrons. The molecule has 5 aromatic rings. The highest BCUT2D eigenvalue weighted by Crippen LogP contribution is 2.38. The van der Waals surface area contributed by atoms with Crippen LogP contribution in [0.4, 0.5) is 30.6 Å². The molecule has 0 amide bonds. The number of likely N-dealkylation sites (tertiary alicyclic amines) is 1. The van der Waals surface area contributed by atoms with Crippen LogP contribution in [0.15, 0.2) is 43.0 Å². The van der Waals surface area contributed by atoms with Gasteiger partial charge >= 0.3 is 6.18 Å². The quantitative estimate of drug-likeness (QED) is 0.257. The maximum atomic E-state index is 14.0. The number of methoxy groups -OCH3 is 1. The molecule has 214 valence electrons. The minimum atomic E-state index is -4.52. The van der Waals surface area contributed by atoms with Gasteiger partial charge in [0.15, 0.2) is 17.1 Å². The van der Waals surface area contributed by atoms with E-state index in [0.717, 1.165) is 6.07 Å². The monoisotopic (exact) mass is 587 g/mol. The number of rotatable bonds is 8. The zero-order chi connectivity index (χ0) is 28.9. The third kappa shape index (κ3) is 5.09. The van der Waals surface area contributed by atoms with E-state index in [2.05, 4.69) is 30.7 Å². The lowest BCUT2D eigenvalue weighted by Crippen LogP contribution is -2.51. The van der Waals surface area contributed by atoms with Gasteiger partial charge in [-0.2, -0.15) is 23.3 Å². The van der Waals surface area contributed by atoms with Crippen molar-refractivity contribution in [2.75, 3.05) is 37.9 Å². The number of anilines is 3. The molecule has 1 fully saturated rings. The van der Waals surface area contributed by atoms with Crippen molar-refractivity contribution in [2.45, 2.75) is 18.8 Å². The van der Waals surface area contributed by atoms with Crippen LogP contribution >= 0.6 is 11.6 Å². The SMILES string of the molecule is CNc1cn2ncc(Oc3cnc4nc(Nc5ccc(CN6CC(OC)C6)c(C(F)(F)F)c5)n(C)c4c3Cl)c2cn1. The fraction of sp³-hybridized carbons (Fsp3) is 0.308. The van der Waals surface area contributed by atoms with E-state index in [0.29, 0.717) is 41.3 Å². The summed E-state index contributed by atoms with van der Waals surface area (Å²) in [5, 5.41) is 10.4. The predicted molar refractivity (Wildman–Crippen MR) is 147 cm³/mol. The summed E-state index contributed by atoms with van der Waals surface area (Å²) in [6.07, 6.45) is 1.82. The molecule has 1 aliphatic heterocycles. The number of hydrogen-bond acceptors (Lipinski definition) is 9. The molecule has 4 aromatic heterocycles. The maximum absolute atomic E-state index is 14.0. The van der Waals surface area contributed by atoms with Gasteiger partial charge in [-0.25, -0.2) is 14.5 Å². The number of imidazole rings is 1. The first kappa shape index (κ1) is 27.1. The molecule has 0 saturated carbocycles. The smallest absolute Gasteiger partial charge is 0.416 e. The van der Waals surface area contributed by atoms with E-state index in [1.807, 2.05) is 4.90 Å². The Balaban J connectivity index is 1.27.